The van der Waals surface area contributed by atoms with E-state index in [2.05, 4.69) is 0 Å². The summed E-state index contributed by atoms with van der Waals surface area (Å²) in [7, 11) is 0. The van der Waals surface area contributed by atoms with Gasteiger partial charge in [-0.25, -0.2) is 0 Å². The molecule has 90 valence electrons. The summed E-state index contributed by atoms with van der Waals surface area (Å²) < 4.78 is 0. The average molecular weight is 271 g/mol. The third kappa shape index (κ3) is 2.70. The normalized spacial score (nSPS) is 14.8. The molecule has 0 amide bonds. The van der Waals surface area contributed by atoms with Gasteiger partial charge in [0.05, 0.1) is 11.4 Å². The molecule has 2 nitrogen and oxygen atoms in total. The van der Waals surface area contributed by atoms with E-state index in [0.717, 1.165) is 12.8 Å². The first-order valence-corrected chi connectivity index (χ1v) is 6.27. The van der Waals surface area contributed by atoms with Crippen LogP contribution in [0.4, 0.5) is 0 Å². The van der Waals surface area contributed by atoms with Crippen LogP contribution in [0.5, 0.6) is 0 Å². The number of halogens is 2. The lowest BCUT2D eigenvalue weighted by molar-refractivity contribution is -0.119. The van der Waals surface area contributed by atoms with Crippen molar-refractivity contribution in [2.45, 2.75) is 26.2 Å². The smallest absolute Gasteiger partial charge is 0.171 e. The number of benzene rings is 1. The Morgan fingerprint density at radius 1 is 1.29 bits per heavy atom. The van der Waals surface area contributed by atoms with Gasteiger partial charge in [-0.15, -0.1) is 0 Å². The Morgan fingerprint density at radius 3 is 2.53 bits per heavy atom. The molecule has 1 aromatic carbocycles. The van der Waals surface area contributed by atoms with E-state index in [9.17, 15) is 9.59 Å². The van der Waals surface area contributed by atoms with Crippen LogP contribution >= 0.6 is 23.2 Å². The number of ketones is 2. The number of Topliss-reactive ketones (excluding diaryl/α,β-unsaturated/α-hetero) is 2. The van der Waals surface area contributed by atoms with Crippen molar-refractivity contribution < 1.29 is 9.59 Å². The average Bonchev–Trinajstić information content (AvgIpc) is 3.09. The zero-order chi connectivity index (χ0) is 12.6. The Hall–Kier alpha value is -0.860. The van der Waals surface area contributed by atoms with Crippen molar-refractivity contribution in [1.29, 1.82) is 0 Å². The minimum atomic E-state index is -0.216. The van der Waals surface area contributed by atoms with E-state index in [1.807, 2.05) is 0 Å². The molecule has 0 bridgehead atoms. The molecule has 0 spiro atoms. The van der Waals surface area contributed by atoms with Crippen molar-refractivity contribution in [1.82, 2.24) is 0 Å². The highest BCUT2D eigenvalue weighted by molar-refractivity contribution is 6.38. The highest BCUT2D eigenvalue weighted by atomic mass is 35.5. The quantitative estimate of drug-likeness (QED) is 0.615. The Bertz CT molecular complexity index is 490. The molecule has 0 aromatic heterocycles. The van der Waals surface area contributed by atoms with E-state index in [1.54, 1.807) is 19.1 Å². The van der Waals surface area contributed by atoms with Crippen LogP contribution in [0.3, 0.4) is 0 Å². The fourth-order valence-corrected chi connectivity index (χ4v) is 2.16. The highest BCUT2D eigenvalue weighted by Gasteiger charge is 2.31. The van der Waals surface area contributed by atoms with Gasteiger partial charge >= 0.3 is 0 Å². The number of hydrogen-bond acceptors (Lipinski definition) is 2. The fourth-order valence-electron chi connectivity index (χ4n) is 1.68. The molecule has 1 aromatic rings. The van der Waals surface area contributed by atoms with Crippen molar-refractivity contribution in [3.63, 3.8) is 0 Å². The summed E-state index contributed by atoms with van der Waals surface area (Å²) in [6, 6.07) is 3.22. The van der Waals surface area contributed by atoms with Crippen molar-refractivity contribution >= 4 is 34.8 Å². The van der Waals surface area contributed by atoms with Crippen LogP contribution in [-0.2, 0) is 4.79 Å². The van der Waals surface area contributed by atoms with Crippen LogP contribution in [0.1, 0.15) is 35.2 Å². The Kier molecular flexibility index (Phi) is 3.55. The molecule has 0 saturated heterocycles. The zero-order valence-electron chi connectivity index (χ0n) is 9.43. The van der Waals surface area contributed by atoms with Crippen LogP contribution in [0.25, 0.3) is 0 Å². The minimum absolute atomic E-state index is 0.0265. The van der Waals surface area contributed by atoms with E-state index >= 15 is 0 Å². The molecule has 0 N–H and O–H groups in total. The third-order valence-electron chi connectivity index (χ3n) is 2.99. The van der Waals surface area contributed by atoms with Crippen molar-refractivity contribution in [2.75, 3.05) is 0 Å². The fraction of sp³-hybridized carbons (Fsp3) is 0.385. The molecule has 0 radical (unpaired) electrons. The topological polar surface area (TPSA) is 34.1 Å². The molecule has 0 atom stereocenters. The molecule has 0 unspecified atom stereocenters. The molecular formula is C13H12Cl2O2. The van der Waals surface area contributed by atoms with Crippen LogP contribution in [0.15, 0.2) is 12.1 Å². The summed E-state index contributed by atoms with van der Waals surface area (Å²) in [6.45, 7) is 1.75. The van der Waals surface area contributed by atoms with Gasteiger partial charge in [0.1, 0.15) is 5.78 Å². The van der Waals surface area contributed by atoms with Crippen LogP contribution < -0.4 is 0 Å². The number of hydrogen-bond donors (Lipinski definition) is 0. The van der Waals surface area contributed by atoms with E-state index in [0.29, 0.717) is 21.2 Å². The Balaban J connectivity index is 2.19. The summed E-state index contributed by atoms with van der Waals surface area (Å²) in [4.78, 5) is 23.5. The lowest BCUT2D eigenvalue weighted by Crippen LogP contribution is -2.10. The molecule has 1 aliphatic carbocycles. The van der Waals surface area contributed by atoms with E-state index in [4.69, 9.17) is 23.2 Å². The monoisotopic (exact) mass is 270 g/mol. The maximum Gasteiger partial charge on any atom is 0.171 e. The molecular weight excluding hydrogens is 259 g/mol. The Labute approximate surface area is 110 Å². The first kappa shape index (κ1) is 12.6. The lowest BCUT2D eigenvalue weighted by Gasteiger charge is -2.07. The van der Waals surface area contributed by atoms with E-state index in [-0.39, 0.29) is 23.9 Å². The first-order valence-electron chi connectivity index (χ1n) is 5.51. The van der Waals surface area contributed by atoms with Crippen molar-refractivity contribution in [3.8, 4) is 0 Å². The van der Waals surface area contributed by atoms with Crippen molar-refractivity contribution in [2.24, 2.45) is 5.92 Å². The van der Waals surface area contributed by atoms with Gasteiger partial charge in [0.15, 0.2) is 5.78 Å². The summed E-state index contributed by atoms with van der Waals surface area (Å²) >= 11 is 11.9. The molecule has 1 fully saturated rings. The molecule has 0 aliphatic heterocycles. The summed E-state index contributed by atoms with van der Waals surface area (Å²) in [6.07, 6.45) is 1.78. The number of rotatable bonds is 4. The standard InChI is InChI=1S/C13H12Cl2O2/c1-7-10(14)5-4-9(13(7)15)12(17)6-11(16)8-2-3-8/h4-5,8H,2-3,6H2,1H3. The third-order valence-corrected chi connectivity index (χ3v) is 3.88. The molecule has 2 rings (SSSR count). The second-order valence-corrected chi connectivity index (χ2v) is 5.16. The van der Waals surface area contributed by atoms with E-state index < -0.39 is 0 Å². The summed E-state index contributed by atoms with van der Waals surface area (Å²) in [5, 5.41) is 0.881. The van der Waals surface area contributed by atoms with Crippen LogP contribution in [-0.4, -0.2) is 11.6 Å². The number of carbonyl (C=O) groups is 2. The number of carbonyl (C=O) groups excluding carboxylic acids is 2. The molecule has 1 saturated carbocycles. The SMILES string of the molecule is Cc1c(Cl)ccc(C(=O)CC(=O)C2CC2)c1Cl. The second-order valence-electron chi connectivity index (χ2n) is 4.37. The van der Waals surface area contributed by atoms with Crippen LogP contribution in [0, 0.1) is 12.8 Å². The van der Waals surface area contributed by atoms with Gasteiger partial charge in [-0.2, -0.15) is 0 Å². The summed E-state index contributed by atoms with van der Waals surface area (Å²) in [5.41, 5.74) is 1.07. The Morgan fingerprint density at radius 2 is 1.94 bits per heavy atom. The predicted molar refractivity (Wildman–Crippen MR) is 67.9 cm³/mol. The maximum absolute atomic E-state index is 11.9. The molecule has 1 aliphatic rings. The van der Waals surface area contributed by atoms with Crippen LogP contribution in [0.2, 0.25) is 10.0 Å². The minimum Gasteiger partial charge on any atom is -0.299 e. The zero-order valence-corrected chi connectivity index (χ0v) is 10.9. The van der Waals surface area contributed by atoms with Gasteiger partial charge < -0.3 is 0 Å². The van der Waals surface area contributed by atoms with Gasteiger partial charge in [-0.05, 0) is 37.5 Å². The summed E-state index contributed by atoms with van der Waals surface area (Å²) in [5.74, 6) is -0.0866. The molecule has 4 heteroatoms. The van der Waals surface area contributed by atoms with Crippen molar-refractivity contribution in [3.05, 3.63) is 33.3 Å². The molecule has 0 heterocycles. The molecule has 17 heavy (non-hydrogen) atoms. The largest absolute Gasteiger partial charge is 0.299 e. The van der Waals surface area contributed by atoms with E-state index in [1.165, 1.54) is 0 Å². The first-order chi connectivity index (χ1) is 8.00. The predicted octanol–water partition coefficient (Wildman–Crippen LogP) is 3.85. The van der Waals surface area contributed by atoms with Gasteiger partial charge in [-0.3, -0.25) is 9.59 Å². The van der Waals surface area contributed by atoms with Gasteiger partial charge in [0.2, 0.25) is 0 Å². The maximum atomic E-state index is 11.9. The van der Waals surface area contributed by atoms with Gasteiger partial charge in [0.25, 0.3) is 0 Å². The van der Waals surface area contributed by atoms with Gasteiger partial charge in [0, 0.05) is 16.5 Å². The highest BCUT2D eigenvalue weighted by Crippen LogP contribution is 2.32. The van der Waals surface area contributed by atoms with Gasteiger partial charge in [-0.1, -0.05) is 23.2 Å². The lowest BCUT2D eigenvalue weighted by atomic mass is 10.0. The second kappa shape index (κ2) is 4.79.